The first kappa shape index (κ1) is 15.7. The van der Waals surface area contributed by atoms with Gasteiger partial charge < -0.3 is 10.6 Å². The second-order valence-corrected chi connectivity index (χ2v) is 2.17. The van der Waals surface area contributed by atoms with Crippen LogP contribution in [0.4, 0.5) is 11.4 Å². The Kier molecular flexibility index (Phi) is 6.18. The third-order valence-electron chi connectivity index (χ3n) is 1.35. The standard InChI is InChI=1S/C6H4N2O5.Ni.H2O/c9-6-2-1-4(7(10)11)3-5(6)8(12)13;;/h1-3,9H;;1H2/q;+2;/p-2. The number of rotatable bonds is 2. The minimum Gasteiger partial charge on any atom is -0.870 e. The topological polar surface area (TPSA) is 139 Å². The molecule has 0 fully saturated rings. The molecule has 1 rings (SSSR count). The summed E-state index contributed by atoms with van der Waals surface area (Å²) in [5.41, 5.74) is -1.25. The molecule has 0 saturated heterocycles. The van der Waals surface area contributed by atoms with Crippen molar-refractivity contribution in [1.29, 1.82) is 0 Å². The first-order chi connectivity index (χ1) is 6.02. The Hall–Kier alpha value is -1.73. The van der Waals surface area contributed by atoms with Gasteiger partial charge in [-0.1, -0.05) is 6.07 Å². The third-order valence-corrected chi connectivity index (χ3v) is 1.35. The van der Waals surface area contributed by atoms with E-state index in [9.17, 15) is 25.3 Å². The van der Waals surface area contributed by atoms with Gasteiger partial charge in [-0.05, 0) is 5.75 Å². The Balaban J connectivity index is 0. The number of hydrogen-bond donors (Lipinski definition) is 0. The molecule has 0 unspecified atom stereocenters. The minimum atomic E-state index is -0.949. The largest absolute Gasteiger partial charge is 2.00 e. The Labute approximate surface area is 93.1 Å². The van der Waals surface area contributed by atoms with Crippen molar-refractivity contribution in [2.24, 2.45) is 0 Å². The fraction of sp³-hybridized carbons (Fsp3) is 0. The molecule has 0 spiro atoms. The number of benzene rings is 1. The summed E-state index contributed by atoms with van der Waals surface area (Å²) in [7, 11) is 0. The maximum Gasteiger partial charge on any atom is 2.00 e. The van der Waals surface area contributed by atoms with Crippen molar-refractivity contribution in [2.45, 2.75) is 0 Å². The van der Waals surface area contributed by atoms with Gasteiger partial charge in [-0.15, -0.1) is 0 Å². The second-order valence-electron chi connectivity index (χ2n) is 2.17. The van der Waals surface area contributed by atoms with Gasteiger partial charge in [0.15, 0.2) is 0 Å². The van der Waals surface area contributed by atoms with E-state index >= 15 is 0 Å². The molecular formula is C6H4N2NiO6. The van der Waals surface area contributed by atoms with Crippen LogP contribution in [0.2, 0.25) is 0 Å². The molecule has 0 atom stereocenters. The molecule has 0 radical (unpaired) electrons. The Morgan fingerprint density at radius 3 is 2.00 bits per heavy atom. The van der Waals surface area contributed by atoms with E-state index in [4.69, 9.17) is 0 Å². The Morgan fingerprint density at radius 1 is 1.07 bits per heavy atom. The van der Waals surface area contributed by atoms with Crippen LogP contribution in [0, 0.1) is 20.2 Å². The quantitative estimate of drug-likeness (QED) is 0.427. The summed E-state index contributed by atoms with van der Waals surface area (Å²) in [4.78, 5) is 18.6. The smallest absolute Gasteiger partial charge is 0.870 e. The molecule has 9 heteroatoms. The van der Waals surface area contributed by atoms with E-state index in [0.717, 1.165) is 12.1 Å². The van der Waals surface area contributed by atoms with E-state index in [0.29, 0.717) is 6.07 Å². The van der Waals surface area contributed by atoms with Gasteiger partial charge in [0, 0.05) is 6.07 Å². The molecular weight excluding hydrogens is 255 g/mol. The van der Waals surface area contributed by atoms with Crippen LogP contribution < -0.4 is 5.11 Å². The van der Waals surface area contributed by atoms with E-state index in [-0.39, 0.29) is 22.0 Å². The summed E-state index contributed by atoms with van der Waals surface area (Å²) in [6, 6.07) is 2.37. The Morgan fingerprint density at radius 2 is 1.60 bits per heavy atom. The van der Waals surface area contributed by atoms with Gasteiger partial charge in [0.25, 0.3) is 11.4 Å². The van der Waals surface area contributed by atoms with Crippen molar-refractivity contribution < 1.29 is 36.9 Å². The van der Waals surface area contributed by atoms with Crippen molar-refractivity contribution in [3.05, 3.63) is 38.4 Å². The average Bonchev–Trinajstić information content (AvgIpc) is 2.04. The summed E-state index contributed by atoms with van der Waals surface area (Å²) in [6.45, 7) is 0. The summed E-state index contributed by atoms with van der Waals surface area (Å²) in [5, 5.41) is 31.1. The number of hydrogen-bond acceptors (Lipinski definition) is 6. The predicted octanol–water partition coefficient (Wildman–Crippen LogP) is 0.397. The van der Waals surface area contributed by atoms with Crippen molar-refractivity contribution in [2.75, 3.05) is 0 Å². The third kappa shape index (κ3) is 3.49. The molecule has 84 valence electrons. The SMILES string of the molecule is O=[N+]([O-])c1ccc([O-])c([N+](=O)[O-])c1.[Ni+2].[OH-]. The molecule has 0 amide bonds. The molecule has 8 nitrogen and oxygen atoms in total. The van der Waals surface area contributed by atoms with Crippen LogP contribution >= 0.6 is 0 Å². The van der Waals surface area contributed by atoms with Crippen LogP contribution in [0.3, 0.4) is 0 Å². The molecule has 0 heterocycles. The minimum absolute atomic E-state index is 0. The molecule has 0 aliphatic rings. The molecule has 15 heavy (non-hydrogen) atoms. The van der Waals surface area contributed by atoms with Gasteiger partial charge in [0.2, 0.25) is 0 Å². The Bertz CT molecular complexity index is 382. The van der Waals surface area contributed by atoms with E-state index in [1.165, 1.54) is 0 Å². The first-order valence-electron chi connectivity index (χ1n) is 3.12. The molecule has 0 saturated carbocycles. The summed E-state index contributed by atoms with van der Waals surface area (Å²) in [6.07, 6.45) is 0. The van der Waals surface area contributed by atoms with Gasteiger partial charge >= 0.3 is 16.5 Å². The molecule has 1 aromatic rings. The van der Waals surface area contributed by atoms with Gasteiger partial charge in [-0.25, -0.2) is 0 Å². The zero-order valence-corrected chi connectivity index (χ0v) is 7.92. The molecule has 0 bridgehead atoms. The van der Waals surface area contributed by atoms with Crippen LogP contribution in [0.25, 0.3) is 0 Å². The maximum absolute atomic E-state index is 10.8. The normalized spacial score (nSPS) is 8.27. The molecule has 0 aromatic heterocycles. The van der Waals surface area contributed by atoms with Gasteiger partial charge in [-0.3, -0.25) is 20.2 Å². The second kappa shape index (κ2) is 5.89. The predicted molar refractivity (Wildman–Crippen MR) is 41.1 cm³/mol. The van der Waals surface area contributed by atoms with Crippen molar-refractivity contribution >= 4 is 11.4 Å². The number of non-ortho nitro benzene ring substituents is 1. The summed E-state index contributed by atoms with van der Waals surface area (Å²) in [5.74, 6) is -0.837. The fourth-order valence-corrected chi connectivity index (χ4v) is 0.762. The van der Waals surface area contributed by atoms with Crippen molar-refractivity contribution in [1.82, 2.24) is 0 Å². The number of nitro benzene ring substituents is 2. The molecule has 0 aliphatic carbocycles. The van der Waals surface area contributed by atoms with E-state index in [1.807, 2.05) is 0 Å². The molecule has 0 aliphatic heterocycles. The van der Waals surface area contributed by atoms with Crippen LogP contribution in [0.1, 0.15) is 0 Å². The van der Waals surface area contributed by atoms with Crippen molar-refractivity contribution in [3.63, 3.8) is 0 Å². The van der Waals surface area contributed by atoms with E-state index in [2.05, 4.69) is 0 Å². The van der Waals surface area contributed by atoms with E-state index in [1.54, 1.807) is 0 Å². The van der Waals surface area contributed by atoms with Crippen LogP contribution in [-0.2, 0) is 16.5 Å². The zero-order chi connectivity index (χ0) is 10.0. The monoisotopic (exact) mass is 258 g/mol. The van der Waals surface area contributed by atoms with Gasteiger partial charge in [0.05, 0.1) is 15.9 Å². The van der Waals surface area contributed by atoms with Crippen LogP contribution in [-0.4, -0.2) is 15.3 Å². The number of nitrogens with zero attached hydrogens (tertiary/aromatic N) is 2. The fourth-order valence-electron chi connectivity index (χ4n) is 0.762. The van der Waals surface area contributed by atoms with Crippen LogP contribution in [0.5, 0.6) is 5.75 Å². The van der Waals surface area contributed by atoms with Crippen molar-refractivity contribution in [3.8, 4) is 5.75 Å². The van der Waals surface area contributed by atoms with Gasteiger partial charge in [0.1, 0.15) is 0 Å². The van der Waals surface area contributed by atoms with Crippen LogP contribution in [0.15, 0.2) is 18.2 Å². The average molecular weight is 259 g/mol. The molecule has 1 N–H and O–H groups in total. The van der Waals surface area contributed by atoms with Gasteiger partial charge in [-0.2, -0.15) is 0 Å². The first-order valence-corrected chi connectivity index (χ1v) is 3.12. The summed E-state index contributed by atoms with van der Waals surface area (Å²) >= 11 is 0. The maximum atomic E-state index is 10.8. The zero-order valence-electron chi connectivity index (χ0n) is 6.93. The number of nitro groups is 2. The molecule has 1 aromatic carbocycles. The van der Waals surface area contributed by atoms with E-state index < -0.39 is 27.0 Å². The summed E-state index contributed by atoms with van der Waals surface area (Å²) < 4.78 is 0.